The molecule has 3 atom stereocenters. The summed E-state index contributed by atoms with van der Waals surface area (Å²) < 4.78 is 11.6. The molecule has 0 aliphatic carbocycles. The van der Waals surface area contributed by atoms with E-state index < -0.39 is 0 Å². The zero-order valence-electron chi connectivity index (χ0n) is 13.2. The molecule has 0 bridgehead atoms. The lowest BCUT2D eigenvalue weighted by molar-refractivity contribution is -0.101. The number of hydrogen-bond acceptors (Lipinski definition) is 3. The quantitative estimate of drug-likeness (QED) is 0.930. The van der Waals surface area contributed by atoms with Crippen LogP contribution < -0.4 is 5.73 Å². The number of ether oxygens (including phenoxy) is 2. The maximum atomic E-state index is 6.52. The molecule has 1 spiro atoms. The summed E-state index contributed by atoms with van der Waals surface area (Å²) in [5, 5.41) is 0. The fraction of sp³-hybridized carbons (Fsp3) is 0.667. The minimum absolute atomic E-state index is 0.0380. The van der Waals surface area contributed by atoms with E-state index in [0.29, 0.717) is 5.92 Å². The summed E-state index contributed by atoms with van der Waals surface area (Å²) in [6.45, 7) is 6.73. The molecule has 1 aromatic rings. The summed E-state index contributed by atoms with van der Waals surface area (Å²) in [5.74, 6) is 0.544. The second kappa shape index (κ2) is 6.07. The predicted molar refractivity (Wildman–Crippen MR) is 84.4 cm³/mol. The first-order chi connectivity index (χ1) is 10.1. The Balaban J connectivity index is 1.64. The van der Waals surface area contributed by atoms with Crippen molar-refractivity contribution >= 4 is 0 Å². The smallest absolute Gasteiger partial charge is 0.0939 e. The van der Waals surface area contributed by atoms with Crippen LogP contribution in [-0.4, -0.2) is 31.5 Å². The van der Waals surface area contributed by atoms with E-state index in [-0.39, 0.29) is 11.6 Å². The lowest BCUT2D eigenvalue weighted by atomic mass is 9.79. The third kappa shape index (κ3) is 3.31. The van der Waals surface area contributed by atoms with Gasteiger partial charge in [-0.05, 0) is 55.7 Å². The Labute approximate surface area is 127 Å². The zero-order chi connectivity index (χ0) is 14.9. The Hall–Kier alpha value is -0.900. The van der Waals surface area contributed by atoms with E-state index in [0.717, 1.165) is 45.5 Å². The van der Waals surface area contributed by atoms with Gasteiger partial charge in [0.1, 0.15) is 0 Å². The lowest BCUT2D eigenvalue weighted by Gasteiger charge is -2.39. The summed E-state index contributed by atoms with van der Waals surface area (Å²) in [5.41, 5.74) is 10.5. The van der Waals surface area contributed by atoms with Crippen LogP contribution >= 0.6 is 0 Å². The van der Waals surface area contributed by atoms with Crippen LogP contribution in [-0.2, 0) is 15.9 Å². The molecular weight excluding hydrogens is 262 g/mol. The average Bonchev–Trinajstić information content (AvgIpc) is 2.91. The van der Waals surface area contributed by atoms with Gasteiger partial charge in [0.05, 0.1) is 12.2 Å². The van der Waals surface area contributed by atoms with Gasteiger partial charge in [-0.3, -0.25) is 0 Å². The first kappa shape index (κ1) is 15.0. The largest absolute Gasteiger partial charge is 0.378 e. The minimum atomic E-state index is -0.0380. The van der Waals surface area contributed by atoms with Gasteiger partial charge in [0.2, 0.25) is 0 Å². The van der Waals surface area contributed by atoms with Gasteiger partial charge in [0, 0.05) is 25.7 Å². The maximum absolute atomic E-state index is 6.52. The van der Waals surface area contributed by atoms with Crippen molar-refractivity contribution in [2.45, 2.75) is 51.2 Å². The number of nitrogens with two attached hydrogens (primary N) is 1. The summed E-state index contributed by atoms with van der Waals surface area (Å²) in [6.07, 6.45) is 4.12. The highest BCUT2D eigenvalue weighted by Crippen LogP contribution is 2.37. The molecule has 0 saturated carbocycles. The summed E-state index contributed by atoms with van der Waals surface area (Å²) in [6, 6.07) is 6.92. The number of aryl methyl sites for hydroxylation is 2. The Morgan fingerprint density at radius 3 is 2.86 bits per heavy atom. The summed E-state index contributed by atoms with van der Waals surface area (Å²) >= 11 is 0. The van der Waals surface area contributed by atoms with Gasteiger partial charge < -0.3 is 15.2 Å². The van der Waals surface area contributed by atoms with Crippen LogP contribution in [0.1, 0.15) is 36.0 Å². The van der Waals surface area contributed by atoms with Crippen molar-refractivity contribution in [2.75, 3.05) is 19.8 Å². The molecule has 0 amide bonds. The normalized spacial score (nSPS) is 30.7. The summed E-state index contributed by atoms with van der Waals surface area (Å²) in [7, 11) is 0. The van der Waals surface area contributed by atoms with E-state index in [1.165, 1.54) is 16.7 Å². The fourth-order valence-electron chi connectivity index (χ4n) is 3.66. The Bertz CT molecular complexity index is 494. The van der Waals surface area contributed by atoms with Crippen LogP contribution in [0.2, 0.25) is 0 Å². The number of hydrogen-bond donors (Lipinski definition) is 1. The van der Waals surface area contributed by atoms with Crippen molar-refractivity contribution in [1.29, 1.82) is 0 Å². The number of benzene rings is 1. The first-order valence-electron chi connectivity index (χ1n) is 8.11. The number of rotatable bonds is 3. The average molecular weight is 289 g/mol. The predicted octanol–water partition coefficient (Wildman–Crippen LogP) is 2.76. The highest BCUT2D eigenvalue weighted by atomic mass is 16.6. The lowest BCUT2D eigenvalue weighted by Crippen LogP contribution is -2.46. The van der Waals surface area contributed by atoms with Crippen LogP contribution in [0, 0.1) is 19.8 Å². The molecule has 2 N–H and O–H groups in total. The molecule has 2 aliphatic heterocycles. The zero-order valence-corrected chi connectivity index (χ0v) is 13.2. The molecule has 2 saturated heterocycles. The minimum Gasteiger partial charge on any atom is -0.378 e. The third-order valence-corrected chi connectivity index (χ3v) is 5.25. The van der Waals surface area contributed by atoms with E-state index in [1.54, 1.807) is 0 Å². The first-order valence-corrected chi connectivity index (χ1v) is 8.11. The highest BCUT2D eigenvalue weighted by Gasteiger charge is 2.42. The molecule has 0 radical (unpaired) electrons. The van der Waals surface area contributed by atoms with Crippen molar-refractivity contribution < 1.29 is 9.47 Å². The third-order valence-electron chi connectivity index (χ3n) is 5.25. The van der Waals surface area contributed by atoms with E-state index in [9.17, 15) is 0 Å². The second-order valence-corrected chi connectivity index (χ2v) is 6.87. The Morgan fingerprint density at radius 2 is 2.14 bits per heavy atom. The van der Waals surface area contributed by atoms with Crippen LogP contribution in [0.4, 0.5) is 0 Å². The topological polar surface area (TPSA) is 44.5 Å². The van der Waals surface area contributed by atoms with Crippen molar-refractivity contribution in [3.8, 4) is 0 Å². The van der Waals surface area contributed by atoms with E-state index in [1.807, 2.05) is 0 Å². The van der Waals surface area contributed by atoms with Crippen molar-refractivity contribution in [3.05, 3.63) is 34.9 Å². The van der Waals surface area contributed by atoms with Crippen molar-refractivity contribution in [1.82, 2.24) is 0 Å². The molecular formula is C18H27NO2. The van der Waals surface area contributed by atoms with Gasteiger partial charge in [-0.15, -0.1) is 0 Å². The van der Waals surface area contributed by atoms with E-state index in [4.69, 9.17) is 15.2 Å². The molecule has 2 fully saturated rings. The van der Waals surface area contributed by atoms with Crippen LogP contribution in [0.3, 0.4) is 0 Å². The molecule has 3 nitrogen and oxygen atoms in total. The molecule has 116 valence electrons. The molecule has 2 heterocycles. The van der Waals surface area contributed by atoms with Crippen LogP contribution in [0.15, 0.2) is 18.2 Å². The second-order valence-electron chi connectivity index (χ2n) is 6.87. The van der Waals surface area contributed by atoms with Crippen LogP contribution in [0.5, 0.6) is 0 Å². The Kier molecular flexibility index (Phi) is 4.34. The summed E-state index contributed by atoms with van der Waals surface area (Å²) in [4.78, 5) is 0. The van der Waals surface area contributed by atoms with Crippen molar-refractivity contribution in [3.63, 3.8) is 0 Å². The van der Waals surface area contributed by atoms with Gasteiger partial charge in [-0.25, -0.2) is 0 Å². The Morgan fingerprint density at radius 1 is 1.29 bits per heavy atom. The van der Waals surface area contributed by atoms with Gasteiger partial charge in [0.15, 0.2) is 0 Å². The maximum Gasteiger partial charge on any atom is 0.0939 e. The molecule has 3 heteroatoms. The molecule has 3 rings (SSSR count). The fourth-order valence-corrected chi connectivity index (χ4v) is 3.66. The standard InChI is InChI=1S/C18H27NO2/c1-13-3-4-15(9-14(13)2)10-17(19)16-5-7-21-18(11-16)6-8-20-12-18/h3-4,9,16-17H,5-8,10-12,19H2,1-2H3. The van der Waals surface area contributed by atoms with Gasteiger partial charge >= 0.3 is 0 Å². The van der Waals surface area contributed by atoms with E-state index in [2.05, 4.69) is 32.0 Å². The molecule has 2 aliphatic rings. The molecule has 21 heavy (non-hydrogen) atoms. The highest BCUT2D eigenvalue weighted by molar-refractivity contribution is 5.30. The monoisotopic (exact) mass is 289 g/mol. The van der Waals surface area contributed by atoms with Crippen LogP contribution in [0.25, 0.3) is 0 Å². The van der Waals surface area contributed by atoms with Gasteiger partial charge in [-0.1, -0.05) is 18.2 Å². The SMILES string of the molecule is Cc1ccc(CC(N)C2CCOC3(CCOC3)C2)cc1C. The van der Waals surface area contributed by atoms with Crippen molar-refractivity contribution in [2.24, 2.45) is 11.7 Å². The van der Waals surface area contributed by atoms with E-state index >= 15 is 0 Å². The molecule has 0 aromatic heterocycles. The van der Waals surface area contributed by atoms with Gasteiger partial charge in [0.25, 0.3) is 0 Å². The van der Waals surface area contributed by atoms with Gasteiger partial charge in [-0.2, -0.15) is 0 Å². The molecule has 1 aromatic carbocycles. The molecule has 3 unspecified atom stereocenters.